The van der Waals surface area contributed by atoms with Gasteiger partial charge in [-0.15, -0.1) is 16.4 Å². The summed E-state index contributed by atoms with van der Waals surface area (Å²) in [6.45, 7) is 1.75. The van der Waals surface area contributed by atoms with Crippen LogP contribution in [0.25, 0.3) is 10.8 Å². The molecule has 3 aromatic rings. The Balaban J connectivity index is 1.73. The highest BCUT2D eigenvalue weighted by atomic mass is 79.9. The van der Waals surface area contributed by atoms with Gasteiger partial charge in [0.25, 0.3) is 5.89 Å². The molecule has 0 saturated heterocycles. The summed E-state index contributed by atoms with van der Waals surface area (Å²) >= 11 is 4.82. The second kappa shape index (κ2) is 6.51. The van der Waals surface area contributed by atoms with E-state index in [1.807, 2.05) is 24.4 Å². The number of anilines is 1. The van der Waals surface area contributed by atoms with Crippen molar-refractivity contribution in [2.45, 2.75) is 13.5 Å². The third-order valence-corrected chi connectivity index (χ3v) is 4.80. The van der Waals surface area contributed by atoms with Crippen molar-refractivity contribution in [1.29, 1.82) is 0 Å². The lowest BCUT2D eigenvalue weighted by Crippen LogP contribution is -2.25. The Kier molecular flexibility index (Phi) is 4.44. The van der Waals surface area contributed by atoms with Gasteiger partial charge in [0, 0.05) is 10.2 Å². The van der Waals surface area contributed by atoms with Crippen LogP contribution in [0.5, 0.6) is 0 Å². The minimum absolute atomic E-state index is 0.209. The van der Waals surface area contributed by atoms with Crippen LogP contribution in [-0.2, 0) is 11.3 Å². The summed E-state index contributed by atoms with van der Waals surface area (Å²) in [5.41, 5.74) is 1.71. The average molecular weight is 394 g/mol. The molecule has 0 saturated carbocycles. The van der Waals surface area contributed by atoms with Gasteiger partial charge < -0.3 is 9.73 Å². The van der Waals surface area contributed by atoms with Crippen molar-refractivity contribution < 1.29 is 9.21 Å². The van der Waals surface area contributed by atoms with Crippen LogP contribution in [0.3, 0.4) is 0 Å². The molecule has 1 amide bonds. The number of amides is 1. The third-order valence-electron chi connectivity index (χ3n) is 3.09. The molecule has 6 nitrogen and oxygen atoms in total. The molecule has 3 rings (SSSR count). The zero-order chi connectivity index (χ0) is 16.4. The fourth-order valence-corrected chi connectivity index (χ4v) is 2.94. The van der Waals surface area contributed by atoms with Gasteiger partial charge in [-0.3, -0.25) is 4.79 Å². The number of rotatable bonds is 4. The summed E-state index contributed by atoms with van der Waals surface area (Å²) in [5.74, 6) is -0.793. The number of carbonyl (C=O) groups is 1. The van der Waals surface area contributed by atoms with E-state index < -0.39 is 5.76 Å². The Morgan fingerprint density at radius 3 is 2.96 bits per heavy atom. The molecular weight excluding hydrogens is 382 g/mol. The lowest BCUT2D eigenvalue weighted by atomic mass is 10.2. The van der Waals surface area contributed by atoms with Crippen LogP contribution in [-0.4, -0.2) is 15.7 Å². The fraction of sp³-hybridized carbons (Fsp3) is 0.133. The molecule has 0 radical (unpaired) electrons. The molecule has 1 aromatic carbocycles. The summed E-state index contributed by atoms with van der Waals surface area (Å²) in [6, 6.07) is 9.11. The van der Waals surface area contributed by atoms with Crippen LogP contribution >= 0.6 is 27.3 Å². The van der Waals surface area contributed by atoms with Crippen molar-refractivity contribution in [2.75, 3.05) is 5.32 Å². The quantitative estimate of drug-likeness (QED) is 0.737. The van der Waals surface area contributed by atoms with Crippen LogP contribution in [0.1, 0.15) is 5.56 Å². The van der Waals surface area contributed by atoms with E-state index in [2.05, 4.69) is 26.3 Å². The number of aryl methyl sites for hydroxylation is 1. The second-order valence-electron chi connectivity index (χ2n) is 4.82. The highest BCUT2D eigenvalue weighted by Crippen LogP contribution is 2.22. The Morgan fingerprint density at radius 1 is 1.43 bits per heavy atom. The average Bonchev–Trinajstić information content (AvgIpc) is 3.13. The van der Waals surface area contributed by atoms with Gasteiger partial charge in [0.05, 0.1) is 4.88 Å². The fourth-order valence-electron chi connectivity index (χ4n) is 1.91. The molecule has 2 heterocycles. The van der Waals surface area contributed by atoms with Crippen molar-refractivity contribution >= 4 is 38.9 Å². The van der Waals surface area contributed by atoms with Crippen molar-refractivity contribution in [3.63, 3.8) is 0 Å². The standard InChI is InChI=1S/C15H12BrN3O3S/c1-9-4-5-10(7-11(9)16)17-13(20)8-19-15(21)22-14(18-19)12-3-2-6-23-12/h2-7H,8H2,1H3,(H,17,20). The van der Waals surface area contributed by atoms with E-state index in [0.29, 0.717) is 5.69 Å². The maximum Gasteiger partial charge on any atom is 0.437 e. The van der Waals surface area contributed by atoms with Gasteiger partial charge in [0.15, 0.2) is 0 Å². The van der Waals surface area contributed by atoms with E-state index in [-0.39, 0.29) is 18.3 Å². The molecule has 23 heavy (non-hydrogen) atoms. The SMILES string of the molecule is Cc1ccc(NC(=O)Cn2nc(-c3cccs3)oc2=O)cc1Br. The number of hydrogen-bond donors (Lipinski definition) is 1. The first-order valence-corrected chi connectivity index (χ1v) is 8.38. The monoisotopic (exact) mass is 393 g/mol. The molecular formula is C15H12BrN3O3S. The van der Waals surface area contributed by atoms with E-state index in [0.717, 1.165) is 19.6 Å². The largest absolute Gasteiger partial charge is 0.437 e. The molecule has 0 fully saturated rings. The summed E-state index contributed by atoms with van der Waals surface area (Å²) in [6.07, 6.45) is 0. The van der Waals surface area contributed by atoms with Gasteiger partial charge in [-0.1, -0.05) is 28.1 Å². The van der Waals surface area contributed by atoms with Gasteiger partial charge in [-0.2, -0.15) is 4.68 Å². The molecule has 0 bridgehead atoms. The normalized spacial score (nSPS) is 10.7. The Bertz CT molecular complexity index is 899. The van der Waals surface area contributed by atoms with Crippen LogP contribution in [0.2, 0.25) is 0 Å². The molecule has 0 aliphatic carbocycles. The zero-order valence-electron chi connectivity index (χ0n) is 12.1. The number of halogens is 1. The van der Waals surface area contributed by atoms with E-state index in [4.69, 9.17) is 4.42 Å². The lowest BCUT2D eigenvalue weighted by molar-refractivity contribution is -0.117. The predicted octanol–water partition coefficient (Wildman–Crippen LogP) is 3.27. The van der Waals surface area contributed by atoms with Crippen molar-refractivity contribution in [1.82, 2.24) is 9.78 Å². The smallest absolute Gasteiger partial charge is 0.387 e. The van der Waals surface area contributed by atoms with Crippen LogP contribution < -0.4 is 11.1 Å². The summed E-state index contributed by atoms with van der Waals surface area (Å²) < 4.78 is 6.97. The minimum Gasteiger partial charge on any atom is -0.387 e. The third kappa shape index (κ3) is 3.59. The van der Waals surface area contributed by atoms with E-state index in [1.165, 1.54) is 11.3 Å². The first kappa shape index (κ1) is 15.7. The summed E-state index contributed by atoms with van der Waals surface area (Å²) in [5, 5.41) is 8.62. The highest BCUT2D eigenvalue weighted by molar-refractivity contribution is 9.10. The maximum absolute atomic E-state index is 12.1. The lowest BCUT2D eigenvalue weighted by Gasteiger charge is -2.06. The van der Waals surface area contributed by atoms with Gasteiger partial charge >= 0.3 is 5.76 Å². The van der Waals surface area contributed by atoms with Crippen LogP contribution in [0.15, 0.2) is 49.4 Å². The number of nitrogens with one attached hydrogen (secondary N) is 1. The maximum atomic E-state index is 12.1. The highest BCUT2D eigenvalue weighted by Gasteiger charge is 2.14. The molecule has 8 heteroatoms. The Morgan fingerprint density at radius 2 is 2.26 bits per heavy atom. The van der Waals surface area contributed by atoms with Gasteiger partial charge in [0.2, 0.25) is 5.91 Å². The number of aromatic nitrogens is 2. The van der Waals surface area contributed by atoms with Crippen molar-refractivity contribution in [2.24, 2.45) is 0 Å². The van der Waals surface area contributed by atoms with Crippen LogP contribution in [0.4, 0.5) is 5.69 Å². The number of carbonyl (C=O) groups excluding carboxylic acids is 1. The van der Waals surface area contributed by atoms with Gasteiger partial charge in [-0.25, -0.2) is 4.79 Å². The Labute approximate surface area is 143 Å². The van der Waals surface area contributed by atoms with E-state index in [9.17, 15) is 9.59 Å². The van der Waals surface area contributed by atoms with E-state index in [1.54, 1.807) is 18.2 Å². The molecule has 0 aliphatic rings. The molecule has 0 atom stereocenters. The topological polar surface area (TPSA) is 77.1 Å². The molecule has 0 unspecified atom stereocenters. The predicted molar refractivity (Wildman–Crippen MR) is 91.6 cm³/mol. The number of benzene rings is 1. The summed E-state index contributed by atoms with van der Waals surface area (Å²) in [7, 11) is 0. The first-order valence-electron chi connectivity index (χ1n) is 6.71. The van der Waals surface area contributed by atoms with E-state index >= 15 is 0 Å². The molecule has 0 aliphatic heterocycles. The second-order valence-corrected chi connectivity index (χ2v) is 6.62. The Hall–Kier alpha value is -2.19. The van der Waals surface area contributed by atoms with Crippen molar-refractivity contribution in [3.05, 3.63) is 56.3 Å². The molecule has 2 aromatic heterocycles. The summed E-state index contributed by atoms with van der Waals surface area (Å²) in [4.78, 5) is 24.6. The molecule has 0 spiro atoms. The zero-order valence-corrected chi connectivity index (χ0v) is 14.5. The van der Waals surface area contributed by atoms with Crippen LogP contribution in [0, 0.1) is 6.92 Å². The molecule has 118 valence electrons. The first-order chi connectivity index (χ1) is 11.0. The number of nitrogens with zero attached hydrogens (tertiary/aromatic N) is 2. The minimum atomic E-state index is -0.659. The van der Waals surface area contributed by atoms with Crippen molar-refractivity contribution in [3.8, 4) is 10.8 Å². The number of thiophene rings is 1. The molecule has 1 N–H and O–H groups in total. The van der Waals surface area contributed by atoms with Gasteiger partial charge in [-0.05, 0) is 36.1 Å². The number of hydrogen-bond acceptors (Lipinski definition) is 5. The van der Waals surface area contributed by atoms with Gasteiger partial charge in [0.1, 0.15) is 6.54 Å².